The first-order valence-electron chi connectivity index (χ1n) is 5.05. The molecule has 4 heteroatoms. The number of phenols is 2. The van der Waals surface area contributed by atoms with Gasteiger partial charge in [-0.15, -0.1) is 0 Å². The van der Waals surface area contributed by atoms with Gasteiger partial charge >= 0.3 is 0 Å². The molecule has 82 valence electrons. The summed E-state index contributed by atoms with van der Waals surface area (Å²) in [6, 6.07) is 1.95. The molecule has 0 bridgehead atoms. The summed E-state index contributed by atoms with van der Waals surface area (Å²) in [5, 5.41) is 22.7. The first kappa shape index (κ1) is 10.6. The van der Waals surface area contributed by atoms with Crippen molar-refractivity contribution in [2.45, 2.75) is 25.8 Å². The Hall–Kier alpha value is -0.930. The van der Waals surface area contributed by atoms with E-state index in [4.69, 9.17) is 11.6 Å². The summed E-state index contributed by atoms with van der Waals surface area (Å²) in [6.45, 7) is 2.74. The number of aryl methyl sites for hydroxylation is 1. The zero-order valence-electron chi connectivity index (χ0n) is 8.55. The number of halogens is 1. The van der Waals surface area contributed by atoms with Gasteiger partial charge in [0.05, 0.1) is 0 Å². The fourth-order valence-electron chi connectivity index (χ4n) is 2.00. The SMILES string of the molecule is Cc1cc(C2CCCN2)c(O)c(Cl)c1O. The van der Waals surface area contributed by atoms with E-state index >= 15 is 0 Å². The lowest BCUT2D eigenvalue weighted by molar-refractivity contribution is 0.437. The van der Waals surface area contributed by atoms with Crippen LogP contribution in [0.3, 0.4) is 0 Å². The number of hydrogen-bond donors (Lipinski definition) is 3. The van der Waals surface area contributed by atoms with Gasteiger partial charge in [0, 0.05) is 11.6 Å². The summed E-state index contributed by atoms with van der Waals surface area (Å²) in [6.07, 6.45) is 2.09. The second-order valence-corrected chi connectivity index (χ2v) is 4.32. The minimum absolute atomic E-state index is 0.000772. The first-order chi connectivity index (χ1) is 7.11. The van der Waals surface area contributed by atoms with E-state index in [1.165, 1.54) is 0 Å². The Morgan fingerprint density at radius 2 is 2.13 bits per heavy atom. The molecule has 1 saturated heterocycles. The van der Waals surface area contributed by atoms with Gasteiger partial charge in [-0.25, -0.2) is 0 Å². The lowest BCUT2D eigenvalue weighted by atomic mass is 10.0. The van der Waals surface area contributed by atoms with E-state index in [1.807, 2.05) is 0 Å². The zero-order valence-corrected chi connectivity index (χ0v) is 9.30. The van der Waals surface area contributed by atoms with Crippen molar-refractivity contribution in [1.29, 1.82) is 0 Å². The molecule has 1 aliphatic heterocycles. The maximum absolute atomic E-state index is 9.83. The van der Waals surface area contributed by atoms with Gasteiger partial charge in [-0.1, -0.05) is 11.6 Å². The molecular formula is C11H14ClNO2. The molecule has 1 aliphatic rings. The summed E-state index contributed by atoms with van der Waals surface area (Å²) < 4.78 is 0. The van der Waals surface area contributed by atoms with E-state index in [1.54, 1.807) is 13.0 Å². The molecule has 1 heterocycles. The summed E-state index contributed by atoms with van der Waals surface area (Å²) in [5.41, 5.74) is 1.48. The van der Waals surface area contributed by atoms with Crippen LogP contribution in [0, 0.1) is 6.92 Å². The minimum Gasteiger partial charge on any atom is -0.506 e. The highest BCUT2D eigenvalue weighted by atomic mass is 35.5. The Bertz CT molecular complexity index is 387. The standard InChI is InChI=1S/C11H14ClNO2/c1-6-5-7(8-3-2-4-13-8)11(15)9(12)10(6)14/h5,8,13-15H,2-4H2,1H3. The lowest BCUT2D eigenvalue weighted by Crippen LogP contribution is -2.13. The highest BCUT2D eigenvalue weighted by Crippen LogP contribution is 2.42. The van der Waals surface area contributed by atoms with E-state index in [2.05, 4.69) is 5.32 Å². The average molecular weight is 228 g/mol. The Balaban J connectivity index is 2.47. The monoisotopic (exact) mass is 227 g/mol. The van der Waals surface area contributed by atoms with Gasteiger partial charge in [0.15, 0.2) is 0 Å². The molecule has 1 fully saturated rings. The van der Waals surface area contributed by atoms with Gasteiger partial charge in [-0.05, 0) is 37.9 Å². The maximum Gasteiger partial charge on any atom is 0.142 e. The van der Waals surface area contributed by atoms with Crippen molar-refractivity contribution in [3.05, 3.63) is 22.2 Å². The largest absolute Gasteiger partial charge is 0.506 e. The Kier molecular flexibility index (Phi) is 2.76. The fraction of sp³-hybridized carbons (Fsp3) is 0.455. The van der Waals surface area contributed by atoms with Gasteiger partial charge in [0.1, 0.15) is 16.5 Å². The smallest absolute Gasteiger partial charge is 0.142 e. The first-order valence-corrected chi connectivity index (χ1v) is 5.43. The number of nitrogens with one attached hydrogen (secondary N) is 1. The van der Waals surface area contributed by atoms with Gasteiger partial charge in [-0.3, -0.25) is 0 Å². The van der Waals surface area contributed by atoms with Gasteiger partial charge in [0.2, 0.25) is 0 Å². The van der Waals surface area contributed by atoms with Crippen molar-refractivity contribution in [2.24, 2.45) is 0 Å². The number of hydrogen-bond acceptors (Lipinski definition) is 3. The molecule has 3 N–H and O–H groups in total. The maximum atomic E-state index is 9.83. The third kappa shape index (κ3) is 1.77. The fourth-order valence-corrected chi connectivity index (χ4v) is 2.26. The van der Waals surface area contributed by atoms with Crippen LogP contribution in [0.5, 0.6) is 11.5 Å². The molecule has 15 heavy (non-hydrogen) atoms. The third-order valence-electron chi connectivity index (χ3n) is 2.87. The number of benzene rings is 1. The van der Waals surface area contributed by atoms with Crippen molar-refractivity contribution in [3.63, 3.8) is 0 Å². The number of aromatic hydroxyl groups is 2. The van der Waals surface area contributed by atoms with Crippen molar-refractivity contribution in [3.8, 4) is 11.5 Å². The molecule has 1 aromatic rings. The molecule has 1 unspecified atom stereocenters. The molecule has 0 aliphatic carbocycles. The van der Waals surface area contributed by atoms with Crippen LogP contribution in [0.25, 0.3) is 0 Å². The molecule has 0 spiro atoms. The highest BCUT2D eigenvalue weighted by molar-refractivity contribution is 6.33. The Morgan fingerprint density at radius 1 is 1.40 bits per heavy atom. The van der Waals surface area contributed by atoms with Crippen LogP contribution in [0.1, 0.15) is 30.0 Å². The second-order valence-electron chi connectivity index (χ2n) is 3.94. The van der Waals surface area contributed by atoms with E-state index < -0.39 is 0 Å². The molecule has 0 saturated carbocycles. The summed E-state index contributed by atoms with van der Waals surface area (Å²) in [5.74, 6) is -0.0323. The molecule has 0 radical (unpaired) electrons. The quantitative estimate of drug-likeness (QED) is 0.691. The predicted molar refractivity (Wildman–Crippen MR) is 59.5 cm³/mol. The number of rotatable bonds is 1. The molecule has 0 aromatic heterocycles. The van der Waals surface area contributed by atoms with Gasteiger partial charge < -0.3 is 15.5 Å². The predicted octanol–water partition coefficient (Wildman–Crippen LogP) is 2.48. The van der Waals surface area contributed by atoms with Crippen LogP contribution >= 0.6 is 11.6 Å². The topological polar surface area (TPSA) is 52.5 Å². The molecular weight excluding hydrogens is 214 g/mol. The molecule has 1 atom stereocenters. The summed E-state index contributed by atoms with van der Waals surface area (Å²) in [4.78, 5) is 0. The summed E-state index contributed by atoms with van der Waals surface area (Å²) in [7, 11) is 0. The van der Waals surface area contributed by atoms with Crippen molar-refractivity contribution in [1.82, 2.24) is 5.32 Å². The van der Waals surface area contributed by atoms with Gasteiger partial charge in [0.25, 0.3) is 0 Å². The highest BCUT2D eigenvalue weighted by Gasteiger charge is 2.23. The van der Waals surface area contributed by atoms with Crippen molar-refractivity contribution < 1.29 is 10.2 Å². The van der Waals surface area contributed by atoms with Crippen LogP contribution in [0.2, 0.25) is 5.02 Å². The normalized spacial score (nSPS) is 20.8. The van der Waals surface area contributed by atoms with Crippen molar-refractivity contribution in [2.75, 3.05) is 6.54 Å². The van der Waals surface area contributed by atoms with Crippen molar-refractivity contribution >= 4 is 11.6 Å². The molecule has 1 aromatic carbocycles. The molecule has 0 amide bonds. The number of phenolic OH excluding ortho intramolecular Hbond substituents is 2. The van der Waals surface area contributed by atoms with Crippen LogP contribution < -0.4 is 5.32 Å². The molecule has 3 nitrogen and oxygen atoms in total. The minimum atomic E-state index is -0.0316. The van der Waals surface area contributed by atoms with E-state index in [-0.39, 0.29) is 22.6 Å². The van der Waals surface area contributed by atoms with E-state index in [9.17, 15) is 10.2 Å². The second kappa shape index (κ2) is 3.91. The van der Waals surface area contributed by atoms with Gasteiger partial charge in [-0.2, -0.15) is 0 Å². The van der Waals surface area contributed by atoms with Crippen LogP contribution in [-0.2, 0) is 0 Å². The zero-order chi connectivity index (χ0) is 11.0. The average Bonchev–Trinajstić information content (AvgIpc) is 2.73. The van der Waals surface area contributed by atoms with Crippen LogP contribution in [0.4, 0.5) is 0 Å². The van der Waals surface area contributed by atoms with Crippen LogP contribution in [-0.4, -0.2) is 16.8 Å². The lowest BCUT2D eigenvalue weighted by Gasteiger charge is -2.15. The Morgan fingerprint density at radius 3 is 2.73 bits per heavy atom. The molecule has 2 rings (SSSR count). The Labute approximate surface area is 93.7 Å². The third-order valence-corrected chi connectivity index (χ3v) is 3.23. The van der Waals surface area contributed by atoms with Crippen LogP contribution in [0.15, 0.2) is 6.07 Å². The van der Waals surface area contributed by atoms with E-state index in [0.29, 0.717) is 5.56 Å². The van der Waals surface area contributed by atoms with E-state index in [0.717, 1.165) is 24.9 Å². The summed E-state index contributed by atoms with van der Waals surface area (Å²) >= 11 is 5.84.